The number of carbonyl (C=O) groups excluding carboxylic acids is 3. The molecule has 2 amide bonds. The maximum absolute atomic E-state index is 12.1. The van der Waals surface area contributed by atoms with Crippen LogP contribution in [0.1, 0.15) is 6.42 Å². The van der Waals surface area contributed by atoms with Gasteiger partial charge in [0.15, 0.2) is 11.9 Å². The van der Waals surface area contributed by atoms with Crippen molar-refractivity contribution in [1.29, 1.82) is 0 Å². The van der Waals surface area contributed by atoms with Crippen molar-refractivity contribution in [2.75, 3.05) is 25.1 Å². The number of hydrogen-bond acceptors (Lipinski definition) is 8. The van der Waals surface area contributed by atoms with Crippen molar-refractivity contribution >= 4 is 23.7 Å². The standard InChI is InChI=1S/C16H16N4O7/c1-25-12(21)6-7-17-14(22)11-8-20(16(24)26-11)10-4-2-9(3-5-10)13-18-15(23)27-19-13/h2-5,11H,6-8H2,1H3,(H,17,22)(H,18,19,23). The molecule has 1 aromatic carbocycles. The number of benzene rings is 1. The molecule has 2 aromatic rings. The van der Waals surface area contributed by atoms with Gasteiger partial charge < -0.3 is 14.8 Å². The van der Waals surface area contributed by atoms with E-state index in [9.17, 15) is 19.2 Å². The van der Waals surface area contributed by atoms with Gasteiger partial charge in [0.2, 0.25) is 0 Å². The number of cyclic esters (lactones) is 1. The number of esters is 1. The van der Waals surface area contributed by atoms with Gasteiger partial charge in [0.25, 0.3) is 5.91 Å². The smallest absolute Gasteiger partial charge is 0.439 e. The summed E-state index contributed by atoms with van der Waals surface area (Å²) in [7, 11) is 1.26. The first-order chi connectivity index (χ1) is 13.0. The van der Waals surface area contributed by atoms with Crippen LogP contribution in [0.25, 0.3) is 11.4 Å². The maximum Gasteiger partial charge on any atom is 0.439 e. The number of hydrogen-bond donors (Lipinski definition) is 2. The first kappa shape index (κ1) is 18.2. The number of nitrogens with zero attached hydrogens (tertiary/aromatic N) is 2. The van der Waals surface area contributed by atoms with E-state index in [0.717, 1.165) is 0 Å². The minimum Gasteiger partial charge on any atom is -0.469 e. The number of aromatic nitrogens is 2. The summed E-state index contributed by atoms with van der Waals surface area (Å²) < 4.78 is 14.0. The van der Waals surface area contributed by atoms with Crippen LogP contribution in [0.2, 0.25) is 0 Å². The predicted octanol–water partition coefficient (Wildman–Crippen LogP) is 0.0344. The van der Waals surface area contributed by atoms with Crippen molar-refractivity contribution in [1.82, 2.24) is 15.5 Å². The lowest BCUT2D eigenvalue weighted by Crippen LogP contribution is -2.38. The molecule has 1 aromatic heterocycles. The van der Waals surface area contributed by atoms with Gasteiger partial charge in [-0.2, -0.15) is 0 Å². The third kappa shape index (κ3) is 4.14. The maximum atomic E-state index is 12.1. The van der Waals surface area contributed by atoms with Crippen LogP contribution in [-0.2, 0) is 19.1 Å². The molecule has 1 aliphatic rings. The van der Waals surface area contributed by atoms with E-state index < -0.39 is 29.8 Å². The van der Waals surface area contributed by atoms with E-state index in [2.05, 4.69) is 24.7 Å². The quantitative estimate of drug-likeness (QED) is 0.672. The summed E-state index contributed by atoms with van der Waals surface area (Å²) in [5.74, 6) is -1.35. The average Bonchev–Trinajstić information content (AvgIpc) is 3.27. The lowest BCUT2D eigenvalue weighted by Gasteiger charge is -2.13. The van der Waals surface area contributed by atoms with Crippen LogP contribution in [0.4, 0.5) is 10.5 Å². The molecule has 2 heterocycles. The molecule has 1 atom stereocenters. The van der Waals surface area contributed by atoms with Crippen molar-refractivity contribution in [3.8, 4) is 11.4 Å². The zero-order valence-electron chi connectivity index (χ0n) is 14.3. The molecule has 11 heteroatoms. The number of anilines is 1. The summed E-state index contributed by atoms with van der Waals surface area (Å²) >= 11 is 0. The molecule has 142 valence electrons. The van der Waals surface area contributed by atoms with Gasteiger partial charge in [0, 0.05) is 17.8 Å². The second-order valence-electron chi connectivity index (χ2n) is 5.59. The van der Waals surface area contributed by atoms with Gasteiger partial charge in [0.1, 0.15) is 0 Å². The molecular weight excluding hydrogens is 360 g/mol. The van der Waals surface area contributed by atoms with Crippen molar-refractivity contribution < 1.29 is 28.4 Å². The molecular formula is C16H16N4O7. The lowest BCUT2D eigenvalue weighted by molar-refractivity contribution is -0.140. The Bertz CT molecular complexity index is 902. The van der Waals surface area contributed by atoms with E-state index in [0.29, 0.717) is 11.3 Å². The highest BCUT2D eigenvalue weighted by Crippen LogP contribution is 2.24. The number of amides is 2. The molecule has 11 nitrogen and oxygen atoms in total. The number of methoxy groups -OCH3 is 1. The molecule has 1 unspecified atom stereocenters. The largest absolute Gasteiger partial charge is 0.469 e. The first-order valence-electron chi connectivity index (χ1n) is 7.97. The molecule has 0 radical (unpaired) electrons. The Balaban J connectivity index is 1.61. The van der Waals surface area contributed by atoms with Crippen LogP contribution in [-0.4, -0.2) is 54.4 Å². The molecule has 0 saturated carbocycles. The monoisotopic (exact) mass is 376 g/mol. The van der Waals surface area contributed by atoms with Crippen LogP contribution >= 0.6 is 0 Å². The number of ether oxygens (including phenoxy) is 2. The Morgan fingerprint density at radius 2 is 2.07 bits per heavy atom. The average molecular weight is 376 g/mol. The highest BCUT2D eigenvalue weighted by Gasteiger charge is 2.36. The van der Waals surface area contributed by atoms with Gasteiger partial charge in [0.05, 0.1) is 20.1 Å². The van der Waals surface area contributed by atoms with Gasteiger partial charge >= 0.3 is 17.8 Å². The topological polar surface area (TPSA) is 144 Å². The zero-order valence-corrected chi connectivity index (χ0v) is 14.3. The summed E-state index contributed by atoms with van der Waals surface area (Å²) in [6.07, 6.45) is -1.62. The number of rotatable bonds is 6. The Morgan fingerprint density at radius 1 is 1.33 bits per heavy atom. The van der Waals surface area contributed by atoms with Crippen LogP contribution in [0.15, 0.2) is 33.6 Å². The summed E-state index contributed by atoms with van der Waals surface area (Å²) in [6, 6.07) is 6.53. The van der Waals surface area contributed by atoms with E-state index in [1.807, 2.05) is 0 Å². The fraction of sp³-hybridized carbons (Fsp3) is 0.312. The van der Waals surface area contributed by atoms with Crippen molar-refractivity contribution in [3.05, 3.63) is 34.8 Å². The van der Waals surface area contributed by atoms with E-state index in [1.54, 1.807) is 24.3 Å². The second-order valence-corrected chi connectivity index (χ2v) is 5.59. The van der Waals surface area contributed by atoms with Crippen LogP contribution in [0.5, 0.6) is 0 Å². The molecule has 0 aliphatic carbocycles. The molecule has 0 spiro atoms. The second kappa shape index (κ2) is 7.72. The van der Waals surface area contributed by atoms with E-state index in [1.165, 1.54) is 12.0 Å². The van der Waals surface area contributed by atoms with Gasteiger partial charge in [-0.3, -0.25) is 24.0 Å². The third-order valence-electron chi connectivity index (χ3n) is 3.85. The summed E-state index contributed by atoms with van der Waals surface area (Å²) in [5, 5.41) is 6.10. The molecule has 1 aliphatic heterocycles. The lowest BCUT2D eigenvalue weighted by atomic mass is 10.2. The van der Waals surface area contributed by atoms with E-state index in [4.69, 9.17) is 4.74 Å². The Hall–Kier alpha value is -3.63. The van der Waals surface area contributed by atoms with Gasteiger partial charge in [-0.25, -0.2) is 9.59 Å². The Morgan fingerprint density at radius 3 is 2.70 bits per heavy atom. The predicted molar refractivity (Wildman–Crippen MR) is 89.8 cm³/mol. The number of aromatic amines is 1. The highest BCUT2D eigenvalue weighted by molar-refractivity contribution is 5.95. The van der Waals surface area contributed by atoms with Gasteiger partial charge in [-0.15, -0.1) is 0 Å². The first-order valence-corrected chi connectivity index (χ1v) is 7.97. The van der Waals surface area contributed by atoms with Crippen LogP contribution in [0, 0.1) is 0 Å². The molecule has 2 N–H and O–H groups in total. The van der Waals surface area contributed by atoms with Gasteiger partial charge in [-0.05, 0) is 24.3 Å². The van der Waals surface area contributed by atoms with E-state index >= 15 is 0 Å². The van der Waals surface area contributed by atoms with E-state index in [-0.39, 0.29) is 25.3 Å². The van der Waals surface area contributed by atoms with Crippen molar-refractivity contribution in [2.45, 2.75) is 12.5 Å². The minimum absolute atomic E-state index is 0.0260. The number of carbonyl (C=O) groups is 3. The fourth-order valence-corrected chi connectivity index (χ4v) is 2.47. The van der Waals surface area contributed by atoms with Crippen molar-refractivity contribution in [3.63, 3.8) is 0 Å². The highest BCUT2D eigenvalue weighted by atomic mass is 16.6. The summed E-state index contributed by atoms with van der Waals surface area (Å²) in [5.41, 5.74) is 1.11. The number of nitrogens with one attached hydrogen (secondary N) is 2. The minimum atomic E-state index is -0.985. The molecule has 3 rings (SSSR count). The Kier molecular flexibility index (Phi) is 5.20. The third-order valence-corrected chi connectivity index (χ3v) is 3.85. The molecule has 0 bridgehead atoms. The molecule has 1 saturated heterocycles. The molecule has 1 fully saturated rings. The number of H-pyrrole nitrogens is 1. The van der Waals surface area contributed by atoms with Crippen LogP contribution in [0.3, 0.4) is 0 Å². The molecule has 27 heavy (non-hydrogen) atoms. The Labute approximate surface area is 152 Å². The van der Waals surface area contributed by atoms with Crippen molar-refractivity contribution in [2.24, 2.45) is 0 Å². The van der Waals surface area contributed by atoms with Gasteiger partial charge in [-0.1, -0.05) is 5.16 Å². The normalized spacial score (nSPS) is 16.1. The summed E-state index contributed by atoms with van der Waals surface area (Å²) in [6.45, 7) is 0.118. The fourth-order valence-electron chi connectivity index (χ4n) is 2.47. The zero-order chi connectivity index (χ0) is 19.4. The van der Waals surface area contributed by atoms with Crippen LogP contribution < -0.4 is 16.0 Å². The summed E-state index contributed by atoms with van der Waals surface area (Å²) in [4.78, 5) is 49.9. The SMILES string of the molecule is COC(=O)CCNC(=O)C1CN(c2ccc(-c3noc(=O)[nH]3)cc2)C(=O)O1.